The monoisotopic (exact) mass is 429 g/mol. The molecule has 0 radical (unpaired) electrons. The maximum Gasteiger partial charge on any atom is 0.233 e. The van der Waals surface area contributed by atoms with Gasteiger partial charge in [0, 0.05) is 32.2 Å². The van der Waals surface area contributed by atoms with Crippen LogP contribution < -0.4 is 4.90 Å². The van der Waals surface area contributed by atoms with Gasteiger partial charge >= 0.3 is 0 Å². The van der Waals surface area contributed by atoms with Gasteiger partial charge in [0.1, 0.15) is 0 Å². The van der Waals surface area contributed by atoms with Crippen molar-refractivity contribution >= 4 is 23.6 Å². The minimum atomic E-state index is 0.168. The molecule has 1 aromatic carbocycles. The second-order valence-corrected chi connectivity index (χ2v) is 8.94. The molecule has 1 aliphatic heterocycles. The molecule has 2 aromatic rings. The first-order valence-corrected chi connectivity index (χ1v) is 11.9. The fraction of sp³-hybridized carbons (Fsp3) is 0.591. The van der Waals surface area contributed by atoms with Gasteiger partial charge in [-0.3, -0.25) is 9.36 Å². The SMILES string of the molecule is CCn1c(SCC(=O)N(Cc2ccccc2)C(C)C2CC2)nnc1N1CCOCC1. The van der Waals surface area contributed by atoms with Crippen molar-refractivity contribution in [2.45, 2.75) is 51.0 Å². The molecule has 2 fully saturated rings. The molecular formula is C22H31N5O2S. The Balaban J connectivity index is 1.43. The van der Waals surface area contributed by atoms with Gasteiger partial charge in [-0.1, -0.05) is 42.1 Å². The quantitative estimate of drug-likeness (QED) is 0.571. The summed E-state index contributed by atoms with van der Waals surface area (Å²) >= 11 is 1.49. The summed E-state index contributed by atoms with van der Waals surface area (Å²) in [5, 5.41) is 9.62. The number of benzene rings is 1. The normalized spacial score (nSPS) is 17.7. The third-order valence-corrected chi connectivity index (χ3v) is 6.90. The average Bonchev–Trinajstić information content (AvgIpc) is 3.56. The Bertz CT molecular complexity index is 833. The van der Waals surface area contributed by atoms with Crippen LogP contribution in [0.3, 0.4) is 0 Å². The summed E-state index contributed by atoms with van der Waals surface area (Å²) in [4.78, 5) is 17.5. The lowest BCUT2D eigenvalue weighted by Gasteiger charge is -2.30. The van der Waals surface area contributed by atoms with E-state index in [1.165, 1.54) is 30.2 Å². The van der Waals surface area contributed by atoms with Crippen LogP contribution in [0.2, 0.25) is 0 Å². The largest absolute Gasteiger partial charge is 0.378 e. The van der Waals surface area contributed by atoms with Crippen LogP contribution >= 0.6 is 11.8 Å². The minimum Gasteiger partial charge on any atom is -0.378 e. The van der Waals surface area contributed by atoms with Crippen molar-refractivity contribution in [1.29, 1.82) is 0 Å². The molecule has 8 heteroatoms. The molecule has 1 atom stereocenters. The Hall–Kier alpha value is -2.06. The van der Waals surface area contributed by atoms with Crippen LogP contribution in [0.1, 0.15) is 32.3 Å². The summed E-state index contributed by atoms with van der Waals surface area (Å²) in [6.07, 6.45) is 2.44. The van der Waals surface area contributed by atoms with Crippen LogP contribution in [-0.4, -0.2) is 63.7 Å². The van der Waals surface area contributed by atoms with Crippen molar-refractivity contribution in [3.05, 3.63) is 35.9 Å². The minimum absolute atomic E-state index is 0.168. The molecule has 0 bridgehead atoms. The van der Waals surface area contributed by atoms with Gasteiger partial charge in [0.15, 0.2) is 5.16 Å². The number of hydrogen-bond acceptors (Lipinski definition) is 6. The second kappa shape index (κ2) is 9.83. The molecule has 7 nitrogen and oxygen atoms in total. The Morgan fingerprint density at radius 2 is 1.97 bits per heavy atom. The van der Waals surface area contributed by atoms with E-state index in [1.54, 1.807) is 0 Å². The molecule has 1 saturated carbocycles. The number of carbonyl (C=O) groups excluding carboxylic acids is 1. The number of amides is 1. The molecule has 1 aromatic heterocycles. The molecule has 0 spiro atoms. The maximum atomic E-state index is 13.2. The van der Waals surface area contributed by atoms with Crippen molar-refractivity contribution < 1.29 is 9.53 Å². The van der Waals surface area contributed by atoms with Crippen molar-refractivity contribution in [2.75, 3.05) is 37.0 Å². The first kappa shape index (κ1) is 21.2. The fourth-order valence-electron chi connectivity index (χ4n) is 3.94. The average molecular weight is 430 g/mol. The summed E-state index contributed by atoms with van der Waals surface area (Å²) in [6.45, 7) is 8.80. The predicted octanol–water partition coefficient (Wildman–Crippen LogP) is 3.05. The highest BCUT2D eigenvalue weighted by atomic mass is 32.2. The summed E-state index contributed by atoms with van der Waals surface area (Å²) in [5.74, 6) is 2.06. The van der Waals surface area contributed by atoms with Crippen LogP contribution in [0.4, 0.5) is 5.95 Å². The Morgan fingerprint density at radius 3 is 2.63 bits per heavy atom. The van der Waals surface area contributed by atoms with Gasteiger partial charge in [-0.25, -0.2) is 0 Å². The number of aromatic nitrogens is 3. The maximum absolute atomic E-state index is 13.2. The number of morpholine rings is 1. The third-order valence-electron chi connectivity index (χ3n) is 5.94. The van der Waals surface area contributed by atoms with Gasteiger partial charge in [0.25, 0.3) is 0 Å². The third kappa shape index (κ3) is 4.98. The lowest BCUT2D eigenvalue weighted by molar-refractivity contribution is -0.131. The Kier molecular flexibility index (Phi) is 6.94. The van der Waals surface area contributed by atoms with Crippen LogP contribution in [0.15, 0.2) is 35.5 Å². The van der Waals surface area contributed by atoms with Crippen molar-refractivity contribution in [2.24, 2.45) is 5.92 Å². The van der Waals surface area contributed by atoms with Crippen LogP contribution in [0.25, 0.3) is 0 Å². The smallest absolute Gasteiger partial charge is 0.233 e. The van der Waals surface area contributed by atoms with Gasteiger partial charge in [0.05, 0.1) is 19.0 Å². The molecule has 1 aliphatic carbocycles. The number of ether oxygens (including phenoxy) is 1. The summed E-state index contributed by atoms with van der Waals surface area (Å²) in [5.41, 5.74) is 1.18. The number of anilines is 1. The highest BCUT2D eigenvalue weighted by Gasteiger charge is 2.34. The first-order valence-electron chi connectivity index (χ1n) is 10.9. The van der Waals surface area contributed by atoms with E-state index in [1.807, 2.05) is 18.2 Å². The van der Waals surface area contributed by atoms with E-state index in [0.717, 1.165) is 30.7 Å². The zero-order chi connectivity index (χ0) is 20.9. The van der Waals surface area contributed by atoms with Crippen LogP contribution in [0, 0.1) is 5.92 Å². The van der Waals surface area contributed by atoms with E-state index in [4.69, 9.17) is 4.74 Å². The van der Waals surface area contributed by atoms with Gasteiger partial charge in [-0.2, -0.15) is 0 Å². The van der Waals surface area contributed by atoms with E-state index < -0.39 is 0 Å². The predicted molar refractivity (Wildman–Crippen MR) is 119 cm³/mol. The van der Waals surface area contributed by atoms with Gasteiger partial charge in [-0.15, -0.1) is 10.2 Å². The van der Waals surface area contributed by atoms with Crippen molar-refractivity contribution in [3.63, 3.8) is 0 Å². The molecule has 30 heavy (non-hydrogen) atoms. The second-order valence-electron chi connectivity index (χ2n) is 8.00. The molecule has 1 saturated heterocycles. The number of thioether (sulfide) groups is 1. The fourth-order valence-corrected chi connectivity index (χ4v) is 4.83. The summed E-state index contributed by atoms with van der Waals surface area (Å²) in [7, 11) is 0. The van der Waals surface area contributed by atoms with Gasteiger partial charge in [0.2, 0.25) is 11.9 Å². The highest BCUT2D eigenvalue weighted by molar-refractivity contribution is 7.99. The molecular weight excluding hydrogens is 398 g/mol. The highest BCUT2D eigenvalue weighted by Crippen LogP contribution is 2.36. The molecule has 1 amide bonds. The Labute approximate surface area is 182 Å². The topological polar surface area (TPSA) is 63.5 Å². The molecule has 162 valence electrons. The molecule has 0 N–H and O–H groups in total. The number of hydrogen-bond donors (Lipinski definition) is 0. The Morgan fingerprint density at radius 1 is 1.23 bits per heavy atom. The molecule has 1 unspecified atom stereocenters. The summed E-state index contributed by atoms with van der Waals surface area (Å²) < 4.78 is 7.55. The first-order chi connectivity index (χ1) is 14.7. The van der Waals surface area contributed by atoms with Gasteiger partial charge < -0.3 is 14.5 Å². The van der Waals surface area contributed by atoms with Crippen LogP contribution in [-0.2, 0) is 22.6 Å². The van der Waals surface area contributed by atoms with Crippen LogP contribution in [0.5, 0.6) is 0 Å². The molecule has 2 heterocycles. The van der Waals surface area contributed by atoms with E-state index >= 15 is 0 Å². The standard InChI is InChI=1S/C22H31N5O2S/c1-3-26-21(25-11-13-29-14-12-25)23-24-22(26)30-16-20(28)27(17(2)19-9-10-19)15-18-7-5-4-6-8-18/h4-8,17,19H,3,9-16H2,1-2H3. The lowest BCUT2D eigenvalue weighted by atomic mass is 10.1. The number of carbonyl (C=O) groups is 1. The van der Waals surface area contributed by atoms with E-state index in [-0.39, 0.29) is 11.9 Å². The van der Waals surface area contributed by atoms with Crippen molar-refractivity contribution in [1.82, 2.24) is 19.7 Å². The van der Waals surface area contributed by atoms with E-state index in [2.05, 4.69) is 50.5 Å². The zero-order valence-corrected chi connectivity index (χ0v) is 18.7. The van der Waals surface area contributed by atoms with E-state index in [9.17, 15) is 4.79 Å². The number of nitrogens with zero attached hydrogens (tertiary/aromatic N) is 5. The summed E-state index contributed by atoms with van der Waals surface area (Å²) in [6, 6.07) is 10.5. The van der Waals surface area contributed by atoms with E-state index in [0.29, 0.717) is 31.4 Å². The molecule has 2 aliphatic rings. The lowest BCUT2D eigenvalue weighted by Crippen LogP contribution is -2.40. The van der Waals surface area contributed by atoms with Crippen molar-refractivity contribution in [3.8, 4) is 0 Å². The molecule has 4 rings (SSSR count). The van der Waals surface area contributed by atoms with Gasteiger partial charge in [-0.05, 0) is 38.2 Å². The zero-order valence-electron chi connectivity index (χ0n) is 17.9. The number of rotatable bonds is 9.